The number of carbonyl (C=O) groups is 1. The third-order valence-corrected chi connectivity index (χ3v) is 4.59. The van der Waals surface area contributed by atoms with Crippen LogP contribution in [0.2, 0.25) is 0 Å². The van der Waals surface area contributed by atoms with E-state index in [9.17, 15) is 4.79 Å². The summed E-state index contributed by atoms with van der Waals surface area (Å²) in [5.41, 5.74) is 2.03. The van der Waals surface area contributed by atoms with Gasteiger partial charge in [-0.3, -0.25) is 4.79 Å². The van der Waals surface area contributed by atoms with Crippen LogP contribution in [0.3, 0.4) is 0 Å². The number of imidazole rings is 1. The lowest BCUT2D eigenvalue weighted by Gasteiger charge is -2.36. The average Bonchev–Trinajstić information content (AvgIpc) is 3.30. The molecule has 1 amide bonds. The minimum Gasteiger partial charge on any atom is -0.496 e. The lowest BCUT2D eigenvalue weighted by Crippen LogP contribution is -2.41. The number of ether oxygens (including phenoxy) is 1. The first-order valence-corrected chi connectivity index (χ1v) is 8.04. The number of carbonyl (C=O) groups excluding carboxylic acids is 1. The van der Waals surface area contributed by atoms with Gasteiger partial charge in [0.25, 0.3) is 5.91 Å². The van der Waals surface area contributed by atoms with Crippen LogP contribution in [-0.4, -0.2) is 32.6 Å². The predicted octanol–water partition coefficient (Wildman–Crippen LogP) is 2.59. The molecule has 0 aliphatic carbocycles. The molecule has 7 heteroatoms. The molecule has 128 valence electrons. The zero-order chi connectivity index (χ0) is 17.4. The second kappa shape index (κ2) is 6.08. The van der Waals surface area contributed by atoms with E-state index in [1.165, 1.54) is 6.20 Å². The molecule has 7 nitrogen and oxygen atoms in total. The standard InChI is InChI=1S/C18H18N4O3/c1-12-9-19-17-11-22(18(23)16-7-8-20-25-16)14(10-21(12)17)13-5-3-4-6-15(13)24-2/h3-9,14H,10-11H2,1-2H3. The maximum absolute atomic E-state index is 13.0. The molecule has 0 spiro atoms. The molecule has 25 heavy (non-hydrogen) atoms. The van der Waals surface area contributed by atoms with Gasteiger partial charge in [-0.1, -0.05) is 23.4 Å². The highest BCUT2D eigenvalue weighted by Gasteiger charge is 2.35. The molecule has 3 heterocycles. The van der Waals surface area contributed by atoms with E-state index >= 15 is 0 Å². The highest BCUT2D eigenvalue weighted by molar-refractivity contribution is 5.91. The van der Waals surface area contributed by atoms with E-state index in [2.05, 4.69) is 14.7 Å². The van der Waals surface area contributed by atoms with Crippen molar-refractivity contribution in [3.05, 3.63) is 65.6 Å². The quantitative estimate of drug-likeness (QED) is 0.734. The van der Waals surface area contributed by atoms with Gasteiger partial charge in [-0.15, -0.1) is 0 Å². The summed E-state index contributed by atoms with van der Waals surface area (Å²) in [6.45, 7) is 3.03. The minimum absolute atomic E-state index is 0.186. The number of aromatic nitrogens is 3. The molecule has 0 fully saturated rings. The summed E-state index contributed by atoms with van der Waals surface area (Å²) in [7, 11) is 1.64. The summed E-state index contributed by atoms with van der Waals surface area (Å²) < 4.78 is 12.7. The molecule has 2 aromatic heterocycles. The second-order valence-electron chi connectivity index (χ2n) is 5.99. The highest BCUT2D eigenvalue weighted by Crippen LogP contribution is 2.35. The van der Waals surface area contributed by atoms with Gasteiger partial charge in [0.15, 0.2) is 0 Å². The predicted molar refractivity (Wildman–Crippen MR) is 89.1 cm³/mol. The monoisotopic (exact) mass is 338 g/mol. The van der Waals surface area contributed by atoms with E-state index in [1.807, 2.05) is 37.4 Å². The fraction of sp³-hybridized carbons (Fsp3) is 0.278. The third kappa shape index (κ3) is 2.57. The fourth-order valence-corrected chi connectivity index (χ4v) is 3.31. The summed E-state index contributed by atoms with van der Waals surface area (Å²) in [4.78, 5) is 19.2. The molecule has 0 saturated carbocycles. The smallest absolute Gasteiger partial charge is 0.293 e. The number of hydrogen-bond donors (Lipinski definition) is 0. The van der Waals surface area contributed by atoms with Gasteiger partial charge in [-0.25, -0.2) is 4.98 Å². The molecule has 3 aromatic rings. The van der Waals surface area contributed by atoms with Crippen LogP contribution >= 0.6 is 0 Å². The summed E-state index contributed by atoms with van der Waals surface area (Å²) in [6.07, 6.45) is 3.30. The van der Waals surface area contributed by atoms with Gasteiger partial charge in [-0.05, 0) is 13.0 Å². The van der Waals surface area contributed by atoms with E-state index in [4.69, 9.17) is 9.26 Å². The number of amides is 1. The molecular weight excluding hydrogens is 320 g/mol. The van der Waals surface area contributed by atoms with Crippen molar-refractivity contribution in [3.63, 3.8) is 0 Å². The molecule has 0 N–H and O–H groups in total. The zero-order valence-electron chi connectivity index (χ0n) is 14.0. The molecule has 1 aliphatic rings. The summed E-state index contributed by atoms with van der Waals surface area (Å²) in [5.74, 6) is 1.62. The first-order valence-electron chi connectivity index (χ1n) is 8.04. The van der Waals surface area contributed by atoms with E-state index in [1.54, 1.807) is 18.1 Å². The Morgan fingerprint density at radius 1 is 1.32 bits per heavy atom. The summed E-state index contributed by atoms with van der Waals surface area (Å²) >= 11 is 0. The normalized spacial score (nSPS) is 16.6. The average molecular weight is 338 g/mol. The van der Waals surface area contributed by atoms with Crippen LogP contribution in [-0.2, 0) is 13.1 Å². The highest BCUT2D eigenvalue weighted by atomic mass is 16.5. The molecule has 0 saturated heterocycles. The molecule has 0 radical (unpaired) electrons. The van der Waals surface area contributed by atoms with E-state index in [-0.39, 0.29) is 17.7 Å². The first kappa shape index (κ1) is 15.4. The summed E-state index contributed by atoms with van der Waals surface area (Å²) in [5, 5.41) is 3.65. The van der Waals surface area contributed by atoms with Gasteiger partial charge in [-0.2, -0.15) is 0 Å². The number of aryl methyl sites for hydroxylation is 1. The molecule has 0 bridgehead atoms. The van der Waals surface area contributed by atoms with Gasteiger partial charge < -0.3 is 18.7 Å². The number of benzene rings is 1. The molecular formula is C18H18N4O3. The van der Waals surface area contributed by atoms with Crippen LogP contribution in [0.1, 0.15) is 33.7 Å². The van der Waals surface area contributed by atoms with E-state index < -0.39 is 0 Å². The number of nitrogens with zero attached hydrogens (tertiary/aromatic N) is 4. The fourth-order valence-electron chi connectivity index (χ4n) is 3.31. The number of para-hydroxylation sites is 1. The number of methoxy groups -OCH3 is 1. The van der Waals surface area contributed by atoms with Crippen LogP contribution in [0, 0.1) is 6.92 Å². The largest absolute Gasteiger partial charge is 0.496 e. The maximum atomic E-state index is 13.0. The van der Waals surface area contributed by atoms with Crippen molar-refractivity contribution >= 4 is 5.91 Å². The van der Waals surface area contributed by atoms with Crippen molar-refractivity contribution in [2.24, 2.45) is 0 Å². The minimum atomic E-state index is -0.208. The maximum Gasteiger partial charge on any atom is 0.293 e. The number of fused-ring (bicyclic) bond motifs is 1. The van der Waals surface area contributed by atoms with Crippen LogP contribution < -0.4 is 4.74 Å². The van der Waals surface area contributed by atoms with Crippen LogP contribution in [0.5, 0.6) is 5.75 Å². The van der Waals surface area contributed by atoms with Gasteiger partial charge >= 0.3 is 0 Å². The SMILES string of the molecule is COc1ccccc1C1Cn2c(C)cnc2CN1C(=O)c1ccno1. The van der Waals surface area contributed by atoms with Crippen molar-refractivity contribution in [2.75, 3.05) is 7.11 Å². The molecule has 1 aromatic carbocycles. The Labute approximate surface area is 144 Å². The Morgan fingerprint density at radius 2 is 2.16 bits per heavy atom. The van der Waals surface area contributed by atoms with E-state index in [0.717, 1.165) is 22.8 Å². The first-order chi connectivity index (χ1) is 12.2. The van der Waals surface area contributed by atoms with Gasteiger partial charge in [0.05, 0.1) is 25.9 Å². The Hall–Kier alpha value is -3.09. The lowest BCUT2D eigenvalue weighted by molar-refractivity contribution is 0.0537. The van der Waals surface area contributed by atoms with Crippen LogP contribution in [0.25, 0.3) is 0 Å². The number of rotatable bonds is 3. The van der Waals surface area contributed by atoms with Crippen LogP contribution in [0.15, 0.2) is 47.2 Å². The van der Waals surface area contributed by atoms with Crippen LogP contribution in [0.4, 0.5) is 0 Å². The number of hydrogen-bond acceptors (Lipinski definition) is 5. The van der Waals surface area contributed by atoms with Crippen molar-refractivity contribution in [1.29, 1.82) is 0 Å². The van der Waals surface area contributed by atoms with Crippen molar-refractivity contribution < 1.29 is 14.1 Å². The Kier molecular flexibility index (Phi) is 3.76. The Morgan fingerprint density at radius 3 is 2.92 bits per heavy atom. The molecule has 1 atom stereocenters. The third-order valence-electron chi connectivity index (χ3n) is 4.59. The Balaban J connectivity index is 1.80. The molecule has 1 unspecified atom stereocenters. The van der Waals surface area contributed by atoms with Crippen molar-refractivity contribution in [2.45, 2.75) is 26.1 Å². The second-order valence-corrected chi connectivity index (χ2v) is 5.99. The van der Waals surface area contributed by atoms with Crippen molar-refractivity contribution in [1.82, 2.24) is 19.6 Å². The van der Waals surface area contributed by atoms with Gasteiger partial charge in [0.2, 0.25) is 5.76 Å². The van der Waals surface area contributed by atoms with Gasteiger partial charge in [0, 0.05) is 30.1 Å². The summed E-state index contributed by atoms with van der Waals surface area (Å²) in [6, 6.07) is 9.15. The molecule has 1 aliphatic heterocycles. The van der Waals surface area contributed by atoms with Crippen molar-refractivity contribution in [3.8, 4) is 5.75 Å². The topological polar surface area (TPSA) is 73.4 Å². The van der Waals surface area contributed by atoms with Gasteiger partial charge in [0.1, 0.15) is 11.6 Å². The lowest BCUT2D eigenvalue weighted by atomic mass is 10.0. The Bertz CT molecular complexity index is 901. The zero-order valence-corrected chi connectivity index (χ0v) is 14.0. The molecule has 4 rings (SSSR count). The van der Waals surface area contributed by atoms with E-state index in [0.29, 0.717) is 13.1 Å².